The van der Waals surface area contributed by atoms with E-state index in [1.165, 1.54) is 24.5 Å². The first-order valence-electron chi connectivity index (χ1n) is 5.39. The quantitative estimate of drug-likeness (QED) is 0.842. The fourth-order valence-corrected chi connectivity index (χ4v) is 3.11. The summed E-state index contributed by atoms with van der Waals surface area (Å²) in [5.41, 5.74) is 0.200. The molecule has 0 saturated heterocycles. The van der Waals surface area contributed by atoms with Crippen molar-refractivity contribution in [1.29, 1.82) is 0 Å². The first-order chi connectivity index (χ1) is 9.37. The van der Waals surface area contributed by atoms with Crippen LogP contribution in [-0.2, 0) is 21.4 Å². The Labute approximate surface area is 123 Å². The van der Waals surface area contributed by atoms with E-state index in [-0.39, 0.29) is 17.1 Å². The number of nitrogens with zero attached hydrogens (tertiary/aromatic N) is 2. The molecule has 7 nitrogen and oxygen atoms in total. The minimum atomic E-state index is -3.73. The molecule has 1 aromatic carbocycles. The van der Waals surface area contributed by atoms with Gasteiger partial charge in [0.05, 0.1) is 16.8 Å². The number of hydrogen-bond acceptors (Lipinski definition) is 4. The summed E-state index contributed by atoms with van der Waals surface area (Å²) in [5, 5.41) is 12.4. The Bertz CT molecular complexity index is 742. The average Bonchev–Trinajstić information content (AvgIpc) is 2.74. The van der Waals surface area contributed by atoms with E-state index in [1.54, 1.807) is 12.1 Å². The molecular formula is C11H10BrN3O4S. The predicted molar refractivity (Wildman–Crippen MR) is 74.8 cm³/mol. The summed E-state index contributed by atoms with van der Waals surface area (Å²) in [6.45, 7) is -0.335. The van der Waals surface area contributed by atoms with Gasteiger partial charge in [-0.15, -0.1) is 0 Å². The average molecular weight is 360 g/mol. The van der Waals surface area contributed by atoms with Crippen LogP contribution in [0, 0.1) is 0 Å². The molecule has 2 rings (SSSR count). The van der Waals surface area contributed by atoms with Crippen molar-refractivity contribution in [2.45, 2.75) is 11.4 Å². The Morgan fingerprint density at radius 2 is 2.20 bits per heavy atom. The lowest BCUT2D eigenvalue weighted by atomic mass is 10.4. The number of sulfonamides is 1. The van der Waals surface area contributed by atoms with Crippen molar-refractivity contribution >= 4 is 37.6 Å². The van der Waals surface area contributed by atoms with Gasteiger partial charge in [-0.3, -0.25) is 14.2 Å². The molecule has 2 N–H and O–H groups in total. The summed E-state index contributed by atoms with van der Waals surface area (Å²) in [4.78, 5) is 10.6. The molecule has 20 heavy (non-hydrogen) atoms. The van der Waals surface area contributed by atoms with Crippen molar-refractivity contribution in [1.82, 2.24) is 9.78 Å². The fourth-order valence-electron chi connectivity index (χ4n) is 1.49. The zero-order chi connectivity index (χ0) is 14.8. The minimum absolute atomic E-state index is 0.0952. The smallest absolute Gasteiger partial charge is 0.325 e. The number of carboxylic acids is 1. The summed E-state index contributed by atoms with van der Waals surface area (Å²) in [5.74, 6) is -1.06. The van der Waals surface area contributed by atoms with E-state index in [0.29, 0.717) is 4.47 Å². The van der Waals surface area contributed by atoms with E-state index in [2.05, 4.69) is 25.8 Å². The summed E-state index contributed by atoms with van der Waals surface area (Å²) >= 11 is 3.20. The Balaban J connectivity index is 2.20. The van der Waals surface area contributed by atoms with Crippen LogP contribution in [0.4, 0.5) is 5.69 Å². The Morgan fingerprint density at radius 1 is 1.45 bits per heavy atom. The normalized spacial score (nSPS) is 11.2. The number of aromatic nitrogens is 2. The number of carboxylic acid groups (broad SMARTS) is 1. The maximum Gasteiger partial charge on any atom is 0.325 e. The molecular weight excluding hydrogens is 350 g/mol. The van der Waals surface area contributed by atoms with Crippen molar-refractivity contribution in [2.75, 3.05) is 4.72 Å². The predicted octanol–water partition coefficient (Wildman–Crippen LogP) is 1.53. The largest absolute Gasteiger partial charge is 0.480 e. The third-order valence-electron chi connectivity index (χ3n) is 2.29. The van der Waals surface area contributed by atoms with Gasteiger partial charge in [-0.05, 0) is 18.2 Å². The highest BCUT2D eigenvalue weighted by Gasteiger charge is 2.15. The monoisotopic (exact) mass is 359 g/mol. The molecule has 0 radical (unpaired) electrons. The van der Waals surface area contributed by atoms with Crippen molar-refractivity contribution in [2.24, 2.45) is 0 Å². The molecule has 0 fully saturated rings. The maximum atomic E-state index is 12.1. The molecule has 0 unspecified atom stereocenters. The second-order valence-corrected chi connectivity index (χ2v) is 6.48. The third kappa shape index (κ3) is 3.58. The molecule has 0 aliphatic heterocycles. The van der Waals surface area contributed by atoms with Gasteiger partial charge in [-0.1, -0.05) is 22.0 Å². The number of carbonyl (C=O) groups is 1. The fraction of sp³-hybridized carbons (Fsp3) is 0.0909. The molecule has 0 bridgehead atoms. The summed E-state index contributed by atoms with van der Waals surface area (Å²) < 4.78 is 28.3. The molecule has 106 valence electrons. The van der Waals surface area contributed by atoms with Crippen LogP contribution in [0.25, 0.3) is 0 Å². The first-order valence-corrected chi connectivity index (χ1v) is 7.67. The Morgan fingerprint density at radius 3 is 2.85 bits per heavy atom. The summed E-state index contributed by atoms with van der Waals surface area (Å²) in [6.07, 6.45) is 2.56. The number of nitrogens with one attached hydrogen (secondary N) is 1. The second-order valence-electron chi connectivity index (χ2n) is 3.88. The zero-order valence-corrected chi connectivity index (χ0v) is 12.4. The Kier molecular flexibility index (Phi) is 4.09. The lowest BCUT2D eigenvalue weighted by Gasteiger charge is -2.05. The van der Waals surface area contributed by atoms with E-state index in [4.69, 9.17) is 5.11 Å². The van der Waals surface area contributed by atoms with Crippen molar-refractivity contribution in [3.8, 4) is 0 Å². The molecule has 0 saturated carbocycles. The van der Waals surface area contributed by atoms with E-state index < -0.39 is 16.0 Å². The number of anilines is 1. The van der Waals surface area contributed by atoms with Gasteiger partial charge in [0.25, 0.3) is 10.0 Å². The number of rotatable bonds is 5. The first kappa shape index (κ1) is 14.5. The van der Waals surface area contributed by atoms with Gasteiger partial charge in [0.1, 0.15) is 6.54 Å². The molecule has 0 atom stereocenters. The van der Waals surface area contributed by atoms with Crippen LogP contribution in [-0.4, -0.2) is 29.3 Å². The standard InChI is InChI=1S/C11H10BrN3O4S/c12-8-2-1-3-10(4-8)20(18,19)14-9-5-13-15(6-9)7-11(16)17/h1-6,14H,7H2,(H,16,17). The maximum absolute atomic E-state index is 12.1. The molecule has 9 heteroatoms. The van der Waals surface area contributed by atoms with Gasteiger partial charge in [-0.25, -0.2) is 8.42 Å². The van der Waals surface area contributed by atoms with E-state index in [0.717, 1.165) is 4.68 Å². The SMILES string of the molecule is O=C(O)Cn1cc(NS(=O)(=O)c2cccc(Br)c2)cn1. The van der Waals surface area contributed by atoms with Gasteiger partial charge >= 0.3 is 5.97 Å². The summed E-state index contributed by atoms with van der Waals surface area (Å²) in [7, 11) is -3.73. The minimum Gasteiger partial charge on any atom is -0.480 e. The van der Waals surface area contributed by atoms with Crippen LogP contribution in [0.3, 0.4) is 0 Å². The number of hydrogen-bond donors (Lipinski definition) is 2. The van der Waals surface area contributed by atoms with Crippen LogP contribution in [0.5, 0.6) is 0 Å². The van der Waals surface area contributed by atoms with Gasteiger partial charge in [0, 0.05) is 10.7 Å². The molecule has 1 aromatic heterocycles. The highest BCUT2D eigenvalue weighted by Crippen LogP contribution is 2.19. The molecule has 1 heterocycles. The van der Waals surface area contributed by atoms with Gasteiger partial charge in [0.2, 0.25) is 0 Å². The second kappa shape index (κ2) is 5.63. The molecule has 2 aromatic rings. The van der Waals surface area contributed by atoms with Crippen LogP contribution in [0.15, 0.2) is 46.0 Å². The van der Waals surface area contributed by atoms with E-state index >= 15 is 0 Å². The lowest BCUT2D eigenvalue weighted by molar-refractivity contribution is -0.137. The van der Waals surface area contributed by atoms with Crippen LogP contribution in [0.2, 0.25) is 0 Å². The van der Waals surface area contributed by atoms with Crippen molar-refractivity contribution in [3.05, 3.63) is 41.1 Å². The topological polar surface area (TPSA) is 101 Å². The van der Waals surface area contributed by atoms with Gasteiger partial charge < -0.3 is 5.11 Å². The molecule has 0 spiro atoms. The van der Waals surface area contributed by atoms with Crippen LogP contribution < -0.4 is 4.72 Å². The van der Waals surface area contributed by atoms with E-state index in [9.17, 15) is 13.2 Å². The third-order valence-corrected chi connectivity index (χ3v) is 4.16. The summed E-state index contributed by atoms with van der Waals surface area (Å²) in [6, 6.07) is 6.23. The molecule has 0 aliphatic carbocycles. The van der Waals surface area contributed by atoms with Crippen LogP contribution >= 0.6 is 15.9 Å². The van der Waals surface area contributed by atoms with Crippen LogP contribution in [0.1, 0.15) is 0 Å². The number of halogens is 1. The number of aliphatic carboxylic acids is 1. The zero-order valence-electron chi connectivity index (χ0n) is 10.0. The molecule has 0 amide bonds. The van der Waals surface area contributed by atoms with Crippen molar-refractivity contribution < 1.29 is 18.3 Å². The van der Waals surface area contributed by atoms with E-state index in [1.807, 2.05) is 0 Å². The number of benzene rings is 1. The van der Waals surface area contributed by atoms with Gasteiger partial charge in [0.15, 0.2) is 0 Å². The Hall–Kier alpha value is -1.87. The highest BCUT2D eigenvalue weighted by atomic mass is 79.9. The van der Waals surface area contributed by atoms with Gasteiger partial charge in [-0.2, -0.15) is 5.10 Å². The molecule has 0 aliphatic rings. The lowest BCUT2D eigenvalue weighted by Crippen LogP contribution is -2.12. The highest BCUT2D eigenvalue weighted by molar-refractivity contribution is 9.10. The van der Waals surface area contributed by atoms with Crippen molar-refractivity contribution in [3.63, 3.8) is 0 Å².